The molecule has 0 radical (unpaired) electrons. The number of carbonyl (C=O) groups excluding carboxylic acids is 1. The Bertz CT molecular complexity index is 1280. The van der Waals surface area contributed by atoms with Crippen molar-refractivity contribution < 1.29 is 28.5 Å². The Hall–Kier alpha value is -3.97. The highest BCUT2D eigenvalue weighted by Gasteiger charge is 2.33. The summed E-state index contributed by atoms with van der Waals surface area (Å²) >= 11 is 0. The Labute approximate surface area is 204 Å². The van der Waals surface area contributed by atoms with Crippen LogP contribution in [0.1, 0.15) is 27.0 Å². The van der Waals surface area contributed by atoms with Crippen molar-refractivity contribution in [2.75, 3.05) is 34.6 Å². The molecule has 3 aromatic carbocycles. The molecule has 0 bridgehead atoms. The number of hydrogen-bond acceptors (Lipinski definition) is 7. The van der Waals surface area contributed by atoms with Crippen LogP contribution in [0.25, 0.3) is 6.08 Å². The van der Waals surface area contributed by atoms with E-state index in [-0.39, 0.29) is 11.5 Å². The van der Waals surface area contributed by atoms with Crippen LogP contribution in [0.4, 0.5) is 0 Å². The molecule has 35 heavy (non-hydrogen) atoms. The lowest BCUT2D eigenvalue weighted by Gasteiger charge is -2.29. The van der Waals surface area contributed by atoms with Crippen LogP contribution in [0.2, 0.25) is 0 Å². The number of allylic oxidation sites excluding steroid dienone is 1. The molecule has 0 unspecified atom stereocenters. The molecule has 0 fully saturated rings. The van der Waals surface area contributed by atoms with Crippen LogP contribution in [-0.2, 0) is 13.0 Å². The van der Waals surface area contributed by atoms with E-state index >= 15 is 0 Å². The summed E-state index contributed by atoms with van der Waals surface area (Å²) in [7, 11) is 4.81. The lowest BCUT2D eigenvalue weighted by Crippen LogP contribution is -2.33. The average Bonchev–Trinajstić information content (AvgIpc) is 3.22. The zero-order valence-corrected chi connectivity index (χ0v) is 20.0. The van der Waals surface area contributed by atoms with Gasteiger partial charge in [0.2, 0.25) is 5.78 Å². The van der Waals surface area contributed by atoms with Crippen molar-refractivity contribution in [3.8, 4) is 28.7 Å². The summed E-state index contributed by atoms with van der Waals surface area (Å²) in [6.07, 6.45) is 2.57. The average molecular weight is 474 g/mol. The molecule has 0 aromatic heterocycles. The van der Waals surface area contributed by atoms with E-state index in [0.717, 1.165) is 30.0 Å². The SMILES string of the molecule is COc1ccc(CCN2COc3ccc4c(c3C2)O/C(=C\c2cccc(OC)c2OC)C4=O)cc1. The van der Waals surface area contributed by atoms with Crippen molar-refractivity contribution in [1.82, 2.24) is 4.90 Å². The summed E-state index contributed by atoms with van der Waals surface area (Å²) in [6, 6.07) is 17.2. The van der Waals surface area contributed by atoms with Crippen molar-refractivity contribution in [2.45, 2.75) is 13.0 Å². The molecule has 2 aliphatic rings. The second-order valence-corrected chi connectivity index (χ2v) is 8.37. The lowest BCUT2D eigenvalue weighted by molar-refractivity contribution is 0.0949. The molecule has 7 heteroatoms. The highest BCUT2D eigenvalue weighted by molar-refractivity contribution is 6.15. The van der Waals surface area contributed by atoms with E-state index in [4.69, 9.17) is 23.7 Å². The van der Waals surface area contributed by atoms with Crippen molar-refractivity contribution in [2.24, 2.45) is 0 Å². The van der Waals surface area contributed by atoms with Gasteiger partial charge in [-0.2, -0.15) is 0 Å². The van der Waals surface area contributed by atoms with E-state index in [1.165, 1.54) is 5.56 Å². The maximum absolute atomic E-state index is 13.2. The van der Waals surface area contributed by atoms with Crippen molar-refractivity contribution in [3.05, 3.63) is 82.6 Å². The number of benzene rings is 3. The quantitative estimate of drug-likeness (QED) is 0.460. The highest BCUT2D eigenvalue weighted by atomic mass is 16.5. The number of Topliss-reactive ketones (excluding diaryl/α,β-unsaturated/α-hetero) is 1. The number of methoxy groups -OCH3 is 3. The molecule has 0 N–H and O–H groups in total. The molecule has 180 valence electrons. The molecule has 3 aromatic rings. The fourth-order valence-corrected chi connectivity index (χ4v) is 4.39. The van der Waals surface area contributed by atoms with Gasteiger partial charge in [-0.15, -0.1) is 0 Å². The second kappa shape index (κ2) is 9.72. The van der Waals surface area contributed by atoms with Crippen LogP contribution in [0.5, 0.6) is 28.7 Å². The molecular formula is C28H27NO6. The van der Waals surface area contributed by atoms with Crippen LogP contribution in [0.3, 0.4) is 0 Å². The van der Waals surface area contributed by atoms with Crippen LogP contribution in [-0.4, -0.2) is 45.3 Å². The normalized spacial score (nSPS) is 15.7. The molecular weight excluding hydrogens is 446 g/mol. The third-order valence-electron chi connectivity index (χ3n) is 6.28. The topological polar surface area (TPSA) is 66.5 Å². The first-order valence-corrected chi connectivity index (χ1v) is 11.4. The Balaban J connectivity index is 1.36. The van der Waals surface area contributed by atoms with E-state index in [2.05, 4.69) is 17.0 Å². The maximum Gasteiger partial charge on any atom is 0.231 e. The third kappa shape index (κ3) is 4.42. The molecule has 5 rings (SSSR count). The molecule has 0 aliphatic carbocycles. The van der Waals surface area contributed by atoms with Gasteiger partial charge in [0.1, 0.15) is 24.0 Å². The smallest absolute Gasteiger partial charge is 0.231 e. The number of hydrogen-bond donors (Lipinski definition) is 0. The maximum atomic E-state index is 13.2. The van der Waals surface area contributed by atoms with Crippen LogP contribution < -0.4 is 23.7 Å². The van der Waals surface area contributed by atoms with E-state index < -0.39 is 0 Å². The zero-order chi connectivity index (χ0) is 24.4. The Morgan fingerprint density at radius 2 is 1.80 bits per heavy atom. The van der Waals surface area contributed by atoms with Gasteiger partial charge in [0.15, 0.2) is 17.3 Å². The van der Waals surface area contributed by atoms with Gasteiger partial charge in [-0.05, 0) is 48.4 Å². The fraction of sp³-hybridized carbons (Fsp3) is 0.250. The number of ketones is 1. The minimum absolute atomic E-state index is 0.164. The van der Waals surface area contributed by atoms with Gasteiger partial charge < -0.3 is 23.7 Å². The first kappa shape index (κ1) is 22.8. The zero-order valence-electron chi connectivity index (χ0n) is 20.0. The first-order chi connectivity index (χ1) is 17.1. The Morgan fingerprint density at radius 3 is 2.54 bits per heavy atom. The van der Waals surface area contributed by atoms with Gasteiger partial charge in [0.05, 0.1) is 32.5 Å². The van der Waals surface area contributed by atoms with E-state index in [0.29, 0.717) is 41.7 Å². The summed E-state index contributed by atoms with van der Waals surface area (Å²) in [5.41, 5.74) is 3.35. The minimum Gasteiger partial charge on any atom is -0.497 e. The van der Waals surface area contributed by atoms with Gasteiger partial charge in [0.25, 0.3) is 0 Å². The summed E-state index contributed by atoms with van der Waals surface area (Å²) in [5.74, 6) is 3.37. The molecule has 2 heterocycles. The predicted octanol–water partition coefficient (Wildman–Crippen LogP) is 4.72. The predicted molar refractivity (Wildman–Crippen MR) is 132 cm³/mol. The van der Waals surface area contributed by atoms with Crippen LogP contribution in [0.15, 0.2) is 60.4 Å². The number of carbonyl (C=O) groups is 1. The van der Waals surface area contributed by atoms with Crippen molar-refractivity contribution >= 4 is 11.9 Å². The van der Waals surface area contributed by atoms with Gasteiger partial charge in [0, 0.05) is 18.7 Å². The Kier molecular flexibility index (Phi) is 6.33. The summed E-state index contributed by atoms with van der Waals surface area (Å²) in [6.45, 7) is 1.93. The van der Waals surface area contributed by atoms with E-state index in [1.54, 1.807) is 39.5 Å². The summed E-state index contributed by atoms with van der Waals surface area (Å²) in [5, 5.41) is 0. The summed E-state index contributed by atoms with van der Waals surface area (Å²) in [4.78, 5) is 15.4. The van der Waals surface area contributed by atoms with Gasteiger partial charge in [-0.3, -0.25) is 9.69 Å². The van der Waals surface area contributed by atoms with Crippen LogP contribution >= 0.6 is 0 Å². The van der Waals surface area contributed by atoms with Crippen molar-refractivity contribution in [1.29, 1.82) is 0 Å². The number of fused-ring (bicyclic) bond motifs is 3. The Morgan fingerprint density at radius 1 is 0.971 bits per heavy atom. The molecule has 7 nitrogen and oxygen atoms in total. The monoisotopic (exact) mass is 473 g/mol. The van der Waals surface area contributed by atoms with Gasteiger partial charge in [-0.1, -0.05) is 24.3 Å². The number of nitrogens with zero attached hydrogens (tertiary/aromatic N) is 1. The van der Waals surface area contributed by atoms with Crippen LogP contribution in [0, 0.1) is 0 Å². The number of para-hydroxylation sites is 1. The molecule has 0 atom stereocenters. The van der Waals surface area contributed by atoms with E-state index in [1.807, 2.05) is 30.3 Å². The summed E-state index contributed by atoms with van der Waals surface area (Å²) < 4.78 is 28.2. The second-order valence-electron chi connectivity index (χ2n) is 8.37. The third-order valence-corrected chi connectivity index (χ3v) is 6.28. The minimum atomic E-state index is -0.164. The molecule has 0 saturated carbocycles. The first-order valence-electron chi connectivity index (χ1n) is 11.4. The highest BCUT2D eigenvalue weighted by Crippen LogP contribution is 2.43. The molecule has 0 saturated heterocycles. The van der Waals surface area contributed by atoms with E-state index in [9.17, 15) is 4.79 Å². The largest absolute Gasteiger partial charge is 0.497 e. The van der Waals surface area contributed by atoms with Crippen molar-refractivity contribution in [3.63, 3.8) is 0 Å². The van der Waals surface area contributed by atoms with Gasteiger partial charge in [-0.25, -0.2) is 0 Å². The lowest BCUT2D eigenvalue weighted by atomic mass is 10.0. The molecule has 2 aliphatic heterocycles. The molecule has 0 spiro atoms. The molecule has 0 amide bonds. The number of rotatable bonds is 7. The van der Waals surface area contributed by atoms with Gasteiger partial charge >= 0.3 is 0 Å². The fourth-order valence-electron chi connectivity index (χ4n) is 4.39. The standard InChI is InChI=1S/C28H27NO6/c1-31-20-9-7-18(8-10-20)13-14-29-16-22-23(34-17-29)12-11-21-26(30)25(35-28(21)22)15-19-5-4-6-24(32-2)27(19)33-3/h4-12,15H,13-14,16-17H2,1-3H3/b25-15-. The number of ether oxygens (including phenoxy) is 5.